The molecule has 1 amide bonds. The van der Waals surface area contributed by atoms with Gasteiger partial charge in [-0.25, -0.2) is 0 Å². The number of ether oxygens (including phenoxy) is 2. The maximum absolute atomic E-state index is 13.3. The van der Waals surface area contributed by atoms with Crippen LogP contribution in [0.2, 0.25) is 0 Å². The second-order valence-corrected chi connectivity index (χ2v) is 9.59. The molecule has 4 atom stereocenters. The Morgan fingerprint density at radius 2 is 2.09 bits per heavy atom. The Labute approximate surface area is 205 Å². The number of carbonyl (C=O) groups is 1. The normalized spacial score (nSPS) is 22.4. The number of hydrogen-bond acceptors (Lipinski definition) is 5. The first-order chi connectivity index (χ1) is 16.7. The van der Waals surface area contributed by atoms with Gasteiger partial charge in [0.1, 0.15) is 12.7 Å². The Balaban J connectivity index is 1.61. The monoisotopic (exact) mass is 502 g/mol. The molecule has 0 unspecified atom stereocenters. The number of alkyl halides is 3. The molecule has 0 aromatic carbocycles. The number of fused-ring (bicyclic) bond motifs is 1. The maximum Gasteiger partial charge on any atom is 0.422 e. The molecule has 7 nitrogen and oxygen atoms in total. The van der Waals surface area contributed by atoms with E-state index in [4.69, 9.17) is 14.3 Å². The van der Waals surface area contributed by atoms with Crippen LogP contribution in [-0.2, 0) is 33.4 Å². The summed E-state index contributed by atoms with van der Waals surface area (Å²) in [5.74, 6) is -0.237. The molecule has 1 aromatic rings. The zero-order valence-corrected chi connectivity index (χ0v) is 21.2. The molecule has 3 rings (SSSR count). The van der Waals surface area contributed by atoms with Crippen molar-refractivity contribution in [3.05, 3.63) is 29.1 Å². The average molecular weight is 503 g/mol. The van der Waals surface area contributed by atoms with Gasteiger partial charge in [-0.2, -0.15) is 13.2 Å². The summed E-state index contributed by atoms with van der Waals surface area (Å²) in [4.78, 5) is 20.0. The van der Waals surface area contributed by atoms with Crippen molar-refractivity contribution in [3.8, 4) is 0 Å². The second kappa shape index (κ2) is 12.4. The van der Waals surface area contributed by atoms with E-state index in [0.717, 1.165) is 37.9 Å². The SMILES string of the molecule is CCC[C@@H](CC[C@@H](C)C(=O)N1CCc2c(cc(C(F)(F)F)c[n+]2OC)C1)N[C@H]1CCOC[C@H]1OC. The topological polar surface area (TPSA) is 63.9 Å². The van der Waals surface area contributed by atoms with E-state index in [2.05, 4.69) is 12.2 Å². The van der Waals surface area contributed by atoms with Gasteiger partial charge in [-0.3, -0.25) is 9.63 Å². The van der Waals surface area contributed by atoms with Crippen LogP contribution in [0.15, 0.2) is 12.3 Å². The summed E-state index contributed by atoms with van der Waals surface area (Å²) in [6.45, 7) is 5.96. The van der Waals surface area contributed by atoms with Crippen molar-refractivity contribution < 1.29 is 37.0 Å². The fraction of sp³-hybridized carbons (Fsp3) is 0.760. The molecule has 1 fully saturated rings. The van der Waals surface area contributed by atoms with Crippen LogP contribution in [0.4, 0.5) is 13.2 Å². The number of pyridine rings is 1. The minimum absolute atomic E-state index is 0.0203. The van der Waals surface area contributed by atoms with Gasteiger partial charge in [-0.05, 0) is 31.7 Å². The predicted molar refractivity (Wildman–Crippen MR) is 124 cm³/mol. The van der Waals surface area contributed by atoms with E-state index >= 15 is 0 Å². The fourth-order valence-electron chi connectivity index (χ4n) is 5.08. The van der Waals surface area contributed by atoms with Gasteiger partial charge in [0.2, 0.25) is 17.8 Å². The second-order valence-electron chi connectivity index (χ2n) is 9.59. The molecule has 0 aliphatic carbocycles. The highest BCUT2D eigenvalue weighted by molar-refractivity contribution is 5.78. The highest BCUT2D eigenvalue weighted by atomic mass is 19.4. The molecule has 198 valence electrons. The van der Waals surface area contributed by atoms with Crippen LogP contribution in [0.25, 0.3) is 0 Å². The smallest absolute Gasteiger partial charge is 0.379 e. The van der Waals surface area contributed by atoms with Crippen LogP contribution in [0.3, 0.4) is 0 Å². The van der Waals surface area contributed by atoms with E-state index in [0.29, 0.717) is 43.9 Å². The van der Waals surface area contributed by atoms with Gasteiger partial charge >= 0.3 is 6.18 Å². The lowest BCUT2D eigenvalue weighted by Crippen LogP contribution is -2.51. The third-order valence-corrected chi connectivity index (χ3v) is 7.10. The molecule has 1 N–H and O–H groups in total. The Bertz CT molecular complexity index is 852. The van der Waals surface area contributed by atoms with Crippen molar-refractivity contribution in [1.29, 1.82) is 0 Å². The number of methoxy groups -OCH3 is 1. The van der Waals surface area contributed by atoms with E-state index < -0.39 is 11.7 Å². The van der Waals surface area contributed by atoms with E-state index in [1.165, 1.54) is 11.8 Å². The molecule has 3 heterocycles. The molecule has 2 aliphatic heterocycles. The third-order valence-electron chi connectivity index (χ3n) is 7.10. The van der Waals surface area contributed by atoms with Crippen molar-refractivity contribution in [2.45, 2.75) is 83.3 Å². The van der Waals surface area contributed by atoms with Crippen LogP contribution in [-0.4, -0.2) is 63.0 Å². The molecule has 1 aromatic heterocycles. The molecule has 0 bridgehead atoms. The standard InChI is InChI=1S/C25H39F3N3O4/c1-5-6-20(29-21-10-12-35-16-23(21)33-3)8-7-17(2)24(32)30-11-9-22-18(14-30)13-19(25(26,27)28)15-31(22)34-4/h13,15,17,20-21,23,29H,5-12,14,16H2,1-4H3/q+1/t17-,20+,21+,23-/m1/s1. The molecule has 0 saturated carbocycles. The van der Waals surface area contributed by atoms with Crippen LogP contribution in [0.5, 0.6) is 0 Å². The molecule has 0 spiro atoms. The van der Waals surface area contributed by atoms with E-state index in [-0.39, 0.29) is 36.6 Å². The summed E-state index contributed by atoms with van der Waals surface area (Å²) in [5.41, 5.74) is 0.370. The quantitative estimate of drug-likeness (QED) is 0.499. The van der Waals surface area contributed by atoms with Crippen molar-refractivity contribution in [1.82, 2.24) is 10.2 Å². The predicted octanol–water partition coefficient (Wildman–Crippen LogP) is 2.91. The van der Waals surface area contributed by atoms with E-state index in [1.54, 1.807) is 12.0 Å². The summed E-state index contributed by atoms with van der Waals surface area (Å²) >= 11 is 0. The largest absolute Gasteiger partial charge is 0.422 e. The van der Waals surface area contributed by atoms with E-state index in [1.807, 2.05) is 6.92 Å². The number of amides is 1. The highest BCUT2D eigenvalue weighted by Gasteiger charge is 2.38. The van der Waals surface area contributed by atoms with Crippen LogP contribution in [0, 0.1) is 5.92 Å². The molecular weight excluding hydrogens is 463 g/mol. The summed E-state index contributed by atoms with van der Waals surface area (Å²) in [7, 11) is 3.04. The zero-order chi connectivity index (χ0) is 25.6. The Morgan fingerprint density at radius 3 is 2.74 bits per heavy atom. The lowest BCUT2D eigenvalue weighted by atomic mass is 9.95. The Morgan fingerprint density at radius 1 is 1.31 bits per heavy atom. The zero-order valence-electron chi connectivity index (χ0n) is 21.2. The van der Waals surface area contributed by atoms with Gasteiger partial charge in [0, 0.05) is 48.6 Å². The number of rotatable bonds is 10. The molecule has 1 saturated heterocycles. The molecule has 2 aliphatic rings. The number of carbonyl (C=O) groups excluding carboxylic acids is 1. The van der Waals surface area contributed by atoms with E-state index in [9.17, 15) is 18.0 Å². The summed E-state index contributed by atoms with van der Waals surface area (Å²) < 4.78 is 52.3. The van der Waals surface area contributed by atoms with Gasteiger partial charge in [-0.1, -0.05) is 20.3 Å². The Hall–Kier alpha value is -1.91. The lowest BCUT2D eigenvalue weighted by Gasteiger charge is -2.35. The molecule has 10 heteroatoms. The Kier molecular flexibility index (Phi) is 9.77. The number of halogens is 3. The highest BCUT2D eigenvalue weighted by Crippen LogP contribution is 2.31. The fourth-order valence-corrected chi connectivity index (χ4v) is 5.08. The maximum atomic E-state index is 13.3. The molecular formula is C25H39F3N3O4+. The van der Waals surface area contributed by atoms with Gasteiger partial charge in [-0.15, -0.1) is 0 Å². The number of nitrogens with zero attached hydrogens (tertiary/aromatic N) is 2. The van der Waals surface area contributed by atoms with Crippen molar-refractivity contribution in [3.63, 3.8) is 0 Å². The minimum Gasteiger partial charge on any atom is -0.379 e. The van der Waals surface area contributed by atoms with Crippen LogP contribution in [0.1, 0.15) is 62.8 Å². The summed E-state index contributed by atoms with van der Waals surface area (Å²) in [6, 6.07) is 1.63. The summed E-state index contributed by atoms with van der Waals surface area (Å²) in [6.07, 6.45) is 1.43. The average Bonchev–Trinajstić information content (AvgIpc) is 2.85. The van der Waals surface area contributed by atoms with Gasteiger partial charge in [0.05, 0.1) is 25.7 Å². The first-order valence-electron chi connectivity index (χ1n) is 12.5. The number of hydrogen-bond donors (Lipinski definition) is 1. The molecule has 0 radical (unpaired) electrons. The van der Waals surface area contributed by atoms with Gasteiger partial charge in [0.25, 0.3) is 0 Å². The summed E-state index contributed by atoms with van der Waals surface area (Å²) in [5, 5.41) is 3.72. The number of nitrogens with one attached hydrogen (secondary N) is 1. The van der Waals surface area contributed by atoms with Gasteiger partial charge in [0.15, 0.2) is 0 Å². The third kappa shape index (κ3) is 7.07. The van der Waals surface area contributed by atoms with Crippen LogP contribution >= 0.6 is 0 Å². The molecule has 35 heavy (non-hydrogen) atoms. The first-order valence-corrected chi connectivity index (χ1v) is 12.5. The van der Waals surface area contributed by atoms with Gasteiger partial charge < -0.3 is 19.7 Å². The first kappa shape index (κ1) is 27.7. The number of aromatic nitrogens is 1. The van der Waals surface area contributed by atoms with Crippen molar-refractivity contribution in [2.24, 2.45) is 5.92 Å². The lowest BCUT2D eigenvalue weighted by molar-refractivity contribution is -0.891. The van der Waals surface area contributed by atoms with Crippen LogP contribution < -0.4 is 14.9 Å². The minimum atomic E-state index is -4.48. The van der Waals surface area contributed by atoms with Crippen molar-refractivity contribution in [2.75, 3.05) is 34.0 Å². The van der Waals surface area contributed by atoms with Crippen molar-refractivity contribution >= 4 is 5.91 Å².